The van der Waals surface area contributed by atoms with E-state index in [1.54, 1.807) is 30.9 Å². The number of carbonyl (C=O) groups is 2. The number of nitrogens with zero attached hydrogens (tertiary/aromatic N) is 6. The molecule has 0 aliphatic carbocycles. The summed E-state index contributed by atoms with van der Waals surface area (Å²) in [6.45, 7) is 5.11. The second-order valence-corrected chi connectivity index (χ2v) is 6.64. The quantitative estimate of drug-likeness (QED) is 0.712. The summed E-state index contributed by atoms with van der Waals surface area (Å²) >= 11 is 0. The predicted molar refractivity (Wildman–Crippen MR) is 83.9 cm³/mol. The van der Waals surface area contributed by atoms with Gasteiger partial charge in [0.15, 0.2) is 0 Å². The molecule has 1 aliphatic heterocycles. The Balaban J connectivity index is 2.09. The smallest absolute Gasteiger partial charge is 0.332 e. The standard InChI is InChI=1S/C14H24N6O3/c1-14(2)9-18(12(22)16(3)4)6-7-19(14)11(21)8-20-13(23)17(5)10-15-20/h10H,6-9H2,1-5H3. The number of hydrogen-bond donors (Lipinski definition) is 0. The molecule has 2 heterocycles. The average molecular weight is 324 g/mol. The van der Waals surface area contributed by atoms with Crippen molar-refractivity contribution in [3.63, 3.8) is 0 Å². The zero-order chi connectivity index (χ0) is 17.4. The maximum Gasteiger partial charge on any atom is 0.345 e. The third-order valence-corrected chi connectivity index (χ3v) is 4.03. The normalized spacial score (nSPS) is 17.3. The van der Waals surface area contributed by atoms with E-state index >= 15 is 0 Å². The van der Waals surface area contributed by atoms with Crippen LogP contribution in [0, 0.1) is 0 Å². The Morgan fingerprint density at radius 2 is 1.96 bits per heavy atom. The molecular formula is C14H24N6O3. The van der Waals surface area contributed by atoms with E-state index in [0.717, 1.165) is 4.68 Å². The Bertz CT molecular complexity index is 660. The first kappa shape index (κ1) is 17.0. The monoisotopic (exact) mass is 324 g/mol. The van der Waals surface area contributed by atoms with Gasteiger partial charge >= 0.3 is 11.7 Å². The molecule has 0 atom stereocenters. The molecular weight excluding hydrogens is 300 g/mol. The SMILES string of the molecule is CN(C)C(=O)N1CCN(C(=O)Cn2ncn(C)c2=O)C(C)(C)C1. The molecule has 9 nitrogen and oxygen atoms in total. The molecule has 1 aromatic heterocycles. The van der Waals surface area contributed by atoms with Crippen LogP contribution in [0.1, 0.15) is 13.8 Å². The Morgan fingerprint density at radius 3 is 2.43 bits per heavy atom. The molecule has 128 valence electrons. The Kier molecular flexibility index (Phi) is 4.49. The van der Waals surface area contributed by atoms with Gasteiger partial charge in [-0.2, -0.15) is 5.10 Å². The number of piperazine rings is 1. The number of rotatable bonds is 2. The maximum absolute atomic E-state index is 12.6. The predicted octanol–water partition coefficient (Wildman–Crippen LogP) is -0.814. The lowest BCUT2D eigenvalue weighted by atomic mass is 9.98. The minimum atomic E-state index is -0.501. The van der Waals surface area contributed by atoms with Crippen LogP contribution < -0.4 is 5.69 Å². The van der Waals surface area contributed by atoms with Gasteiger partial charge in [-0.25, -0.2) is 14.3 Å². The number of aromatic nitrogens is 3. The lowest BCUT2D eigenvalue weighted by Crippen LogP contribution is -2.63. The van der Waals surface area contributed by atoms with Crippen LogP contribution in [0.25, 0.3) is 0 Å². The van der Waals surface area contributed by atoms with Gasteiger partial charge in [-0.15, -0.1) is 0 Å². The molecule has 1 saturated heterocycles. The molecule has 0 aromatic carbocycles. The van der Waals surface area contributed by atoms with E-state index in [4.69, 9.17) is 0 Å². The van der Waals surface area contributed by atoms with Crippen molar-refractivity contribution in [1.29, 1.82) is 0 Å². The van der Waals surface area contributed by atoms with Crippen molar-refractivity contribution in [1.82, 2.24) is 29.0 Å². The summed E-state index contributed by atoms with van der Waals surface area (Å²) in [7, 11) is 5.01. The molecule has 23 heavy (non-hydrogen) atoms. The molecule has 1 fully saturated rings. The summed E-state index contributed by atoms with van der Waals surface area (Å²) in [5, 5.41) is 3.91. The van der Waals surface area contributed by atoms with Gasteiger partial charge in [-0.1, -0.05) is 0 Å². The van der Waals surface area contributed by atoms with Crippen molar-refractivity contribution in [3.8, 4) is 0 Å². The summed E-state index contributed by atoms with van der Waals surface area (Å²) in [6, 6.07) is -0.0638. The molecule has 2 rings (SSSR count). The first-order valence-electron chi connectivity index (χ1n) is 7.48. The molecule has 0 unspecified atom stereocenters. The fraction of sp³-hybridized carbons (Fsp3) is 0.714. The van der Waals surface area contributed by atoms with Crippen LogP contribution in [0.5, 0.6) is 0 Å². The highest BCUT2D eigenvalue weighted by Gasteiger charge is 2.38. The number of aryl methyl sites for hydroxylation is 1. The zero-order valence-corrected chi connectivity index (χ0v) is 14.3. The zero-order valence-electron chi connectivity index (χ0n) is 14.3. The highest BCUT2D eigenvalue weighted by atomic mass is 16.2. The molecule has 0 N–H and O–H groups in total. The molecule has 0 saturated carbocycles. The maximum atomic E-state index is 12.6. The van der Waals surface area contributed by atoms with E-state index < -0.39 is 5.54 Å². The number of carbonyl (C=O) groups excluding carboxylic acids is 2. The fourth-order valence-corrected chi connectivity index (χ4v) is 2.81. The first-order chi connectivity index (χ1) is 10.6. The summed E-state index contributed by atoms with van der Waals surface area (Å²) in [6.07, 6.45) is 1.38. The number of hydrogen-bond acceptors (Lipinski definition) is 4. The Labute approximate surface area is 135 Å². The van der Waals surface area contributed by atoms with Crippen LogP contribution >= 0.6 is 0 Å². The summed E-state index contributed by atoms with van der Waals surface area (Å²) in [5.74, 6) is -0.173. The minimum Gasteiger partial charge on any atom is -0.332 e. The third-order valence-electron chi connectivity index (χ3n) is 4.03. The van der Waals surface area contributed by atoms with Crippen molar-refractivity contribution in [2.45, 2.75) is 25.9 Å². The van der Waals surface area contributed by atoms with Crippen molar-refractivity contribution in [2.75, 3.05) is 33.7 Å². The summed E-state index contributed by atoms with van der Waals surface area (Å²) in [4.78, 5) is 41.4. The molecule has 0 bridgehead atoms. The largest absolute Gasteiger partial charge is 0.345 e. The topological polar surface area (TPSA) is 83.7 Å². The van der Waals surface area contributed by atoms with Crippen LogP contribution in [0.4, 0.5) is 4.79 Å². The van der Waals surface area contributed by atoms with Gasteiger partial charge < -0.3 is 14.7 Å². The molecule has 1 aliphatic rings. The van der Waals surface area contributed by atoms with Crippen molar-refractivity contribution in [2.24, 2.45) is 7.05 Å². The molecule has 1 aromatic rings. The van der Waals surface area contributed by atoms with Crippen LogP contribution in [0.15, 0.2) is 11.1 Å². The number of urea groups is 1. The second kappa shape index (κ2) is 6.05. The van der Waals surface area contributed by atoms with Crippen LogP contribution in [-0.4, -0.2) is 80.3 Å². The number of amides is 3. The van der Waals surface area contributed by atoms with Crippen molar-refractivity contribution < 1.29 is 9.59 Å². The van der Waals surface area contributed by atoms with E-state index in [1.807, 2.05) is 13.8 Å². The van der Waals surface area contributed by atoms with Gasteiger partial charge in [0.25, 0.3) is 0 Å². The Hall–Kier alpha value is -2.32. The molecule has 0 radical (unpaired) electrons. The van der Waals surface area contributed by atoms with Crippen LogP contribution in [0.2, 0.25) is 0 Å². The first-order valence-corrected chi connectivity index (χ1v) is 7.48. The van der Waals surface area contributed by atoms with Gasteiger partial charge in [0, 0.05) is 40.8 Å². The highest BCUT2D eigenvalue weighted by molar-refractivity contribution is 5.78. The van der Waals surface area contributed by atoms with E-state index in [1.165, 1.54) is 15.8 Å². The summed E-state index contributed by atoms with van der Waals surface area (Å²) < 4.78 is 2.47. The van der Waals surface area contributed by atoms with E-state index in [-0.39, 0.29) is 24.2 Å². The third kappa shape index (κ3) is 3.38. The van der Waals surface area contributed by atoms with Crippen LogP contribution in [-0.2, 0) is 18.4 Å². The molecule has 9 heteroatoms. The lowest BCUT2D eigenvalue weighted by molar-refractivity contribution is -0.140. The van der Waals surface area contributed by atoms with Gasteiger partial charge in [0.1, 0.15) is 12.9 Å². The van der Waals surface area contributed by atoms with Crippen molar-refractivity contribution >= 4 is 11.9 Å². The van der Waals surface area contributed by atoms with Gasteiger partial charge in [0.05, 0.1) is 5.54 Å². The molecule has 0 spiro atoms. The van der Waals surface area contributed by atoms with Crippen molar-refractivity contribution in [3.05, 3.63) is 16.8 Å². The van der Waals surface area contributed by atoms with Gasteiger partial charge in [-0.3, -0.25) is 9.36 Å². The highest BCUT2D eigenvalue weighted by Crippen LogP contribution is 2.22. The van der Waals surface area contributed by atoms with E-state index in [0.29, 0.717) is 19.6 Å². The van der Waals surface area contributed by atoms with Gasteiger partial charge in [-0.05, 0) is 13.8 Å². The Morgan fingerprint density at radius 1 is 1.30 bits per heavy atom. The molecule has 3 amide bonds. The fourth-order valence-electron chi connectivity index (χ4n) is 2.81. The average Bonchev–Trinajstić information content (AvgIpc) is 2.77. The van der Waals surface area contributed by atoms with Crippen LogP contribution in [0.3, 0.4) is 0 Å². The van der Waals surface area contributed by atoms with E-state index in [2.05, 4.69) is 5.10 Å². The summed E-state index contributed by atoms with van der Waals surface area (Å²) in [5.41, 5.74) is -0.822. The minimum absolute atomic E-state index is 0.0638. The van der Waals surface area contributed by atoms with E-state index in [9.17, 15) is 14.4 Å². The lowest BCUT2D eigenvalue weighted by Gasteiger charge is -2.47. The van der Waals surface area contributed by atoms with Gasteiger partial charge in [0.2, 0.25) is 5.91 Å². The second-order valence-electron chi connectivity index (χ2n) is 6.64.